The standard InChI is InChI=1S/C11H19NO5/c1-4-9(13)16-7-6-12-11(15)8(3)17-10(14)5-2/h8H,4-7H2,1-3H3,(H,12,15)/t8-/m0/s1. The molecule has 0 saturated carbocycles. The van der Waals surface area contributed by atoms with Gasteiger partial charge in [0.1, 0.15) is 6.61 Å². The van der Waals surface area contributed by atoms with E-state index in [1.54, 1.807) is 13.8 Å². The summed E-state index contributed by atoms with van der Waals surface area (Å²) in [7, 11) is 0. The second kappa shape index (κ2) is 8.55. The molecule has 0 radical (unpaired) electrons. The molecule has 0 spiro atoms. The van der Waals surface area contributed by atoms with Crippen molar-refractivity contribution in [3.8, 4) is 0 Å². The van der Waals surface area contributed by atoms with Crippen LogP contribution in [0.25, 0.3) is 0 Å². The van der Waals surface area contributed by atoms with Gasteiger partial charge in [-0.05, 0) is 6.92 Å². The van der Waals surface area contributed by atoms with Crippen molar-refractivity contribution < 1.29 is 23.9 Å². The molecule has 0 aromatic carbocycles. The Morgan fingerprint density at radius 2 is 1.71 bits per heavy atom. The molecule has 0 fully saturated rings. The molecule has 0 bridgehead atoms. The number of esters is 2. The van der Waals surface area contributed by atoms with E-state index in [0.29, 0.717) is 6.42 Å². The maximum absolute atomic E-state index is 11.4. The van der Waals surface area contributed by atoms with E-state index in [1.165, 1.54) is 6.92 Å². The highest BCUT2D eigenvalue weighted by molar-refractivity contribution is 5.83. The third kappa shape index (κ3) is 7.32. The molecule has 1 N–H and O–H groups in total. The number of carbonyl (C=O) groups is 3. The van der Waals surface area contributed by atoms with E-state index in [2.05, 4.69) is 5.32 Å². The minimum atomic E-state index is -0.829. The van der Waals surface area contributed by atoms with E-state index in [4.69, 9.17) is 9.47 Å². The Bertz CT molecular complexity index is 277. The second-order valence-corrected chi connectivity index (χ2v) is 3.35. The maximum Gasteiger partial charge on any atom is 0.306 e. The molecular weight excluding hydrogens is 226 g/mol. The molecular formula is C11H19NO5. The molecule has 17 heavy (non-hydrogen) atoms. The number of nitrogens with one attached hydrogen (secondary N) is 1. The van der Waals surface area contributed by atoms with E-state index in [1.807, 2.05) is 0 Å². The summed E-state index contributed by atoms with van der Waals surface area (Å²) in [5.74, 6) is -1.14. The van der Waals surface area contributed by atoms with Gasteiger partial charge in [0.05, 0.1) is 6.54 Å². The molecule has 0 unspecified atom stereocenters. The van der Waals surface area contributed by atoms with E-state index in [0.717, 1.165) is 0 Å². The summed E-state index contributed by atoms with van der Waals surface area (Å²) in [6.45, 7) is 5.15. The lowest BCUT2D eigenvalue weighted by Crippen LogP contribution is -2.37. The van der Waals surface area contributed by atoms with E-state index in [-0.39, 0.29) is 25.5 Å². The molecule has 1 atom stereocenters. The van der Waals surface area contributed by atoms with Gasteiger partial charge in [-0.15, -0.1) is 0 Å². The monoisotopic (exact) mass is 245 g/mol. The second-order valence-electron chi connectivity index (χ2n) is 3.35. The zero-order valence-electron chi connectivity index (χ0n) is 10.4. The SMILES string of the molecule is CCC(=O)OCCNC(=O)[C@H](C)OC(=O)CC. The molecule has 98 valence electrons. The number of ether oxygens (including phenoxy) is 2. The lowest BCUT2D eigenvalue weighted by atomic mass is 10.3. The van der Waals surface area contributed by atoms with Gasteiger partial charge in [-0.1, -0.05) is 13.8 Å². The van der Waals surface area contributed by atoms with Gasteiger partial charge in [-0.2, -0.15) is 0 Å². The minimum absolute atomic E-state index is 0.118. The largest absolute Gasteiger partial charge is 0.464 e. The summed E-state index contributed by atoms with van der Waals surface area (Å²) < 4.78 is 9.56. The predicted octanol–water partition coefficient (Wildman–Crippen LogP) is 0.397. The van der Waals surface area contributed by atoms with Crippen LogP contribution in [0.5, 0.6) is 0 Å². The normalized spacial score (nSPS) is 11.5. The maximum atomic E-state index is 11.4. The number of carbonyl (C=O) groups excluding carboxylic acids is 3. The fraction of sp³-hybridized carbons (Fsp3) is 0.727. The van der Waals surface area contributed by atoms with Crippen molar-refractivity contribution in [3.63, 3.8) is 0 Å². The van der Waals surface area contributed by atoms with Crippen molar-refractivity contribution in [2.24, 2.45) is 0 Å². The topological polar surface area (TPSA) is 81.7 Å². The number of hydrogen-bond donors (Lipinski definition) is 1. The Morgan fingerprint density at radius 1 is 1.12 bits per heavy atom. The van der Waals surface area contributed by atoms with Gasteiger partial charge in [0.25, 0.3) is 5.91 Å². The van der Waals surface area contributed by atoms with Gasteiger partial charge in [0.15, 0.2) is 6.10 Å². The highest BCUT2D eigenvalue weighted by Crippen LogP contribution is 1.94. The first-order valence-corrected chi connectivity index (χ1v) is 5.64. The smallest absolute Gasteiger partial charge is 0.306 e. The van der Waals surface area contributed by atoms with Gasteiger partial charge >= 0.3 is 11.9 Å². The van der Waals surface area contributed by atoms with Crippen molar-refractivity contribution in [1.82, 2.24) is 5.32 Å². The fourth-order valence-electron chi connectivity index (χ4n) is 0.919. The summed E-state index contributed by atoms with van der Waals surface area (Å²) in [5, 5.41) is 2.50. The van der Waals surface area contributed by atoms with E-state index in [9.17, 15) is 14.4 Å². The zero-order chi connectivity index (χ0) is 13.3. The molecule has 6 nitrogen and oxygen atoms in total. The molecule has 0 aromatic rings. The van der Waals surface area contributed by atoms with Gasteiger partial charge < -0.3 is 14.8 Å². The molecule has 0 saturated heterocycles. The van der Waals surface area contributed by atoms with Crippen LogP contribution in [0.4, 0.5) is 0 Å². The molecule has 0 aliphatic heterocycles. The molecule has 0 rings (SSSR count). The minimum Gasteiger partial charge on any atom is -0.464 e. The molecule has 0 heterocycles. The van der Waals surface area contributed by atoms with Gasteiger partial charge in [0, 0.05) is 12.8 Å². The predicted molar refractivity (Wildman–Crippen MR) is 60.1 cm³/mol. The first-order chi connectivity index (χ1) is 8.01. The average molecular weight is 245 g/mol. The highest BCUT2D eigenvalue weighted by atomic mass is 16.5. The Morgan fingerprint density at radius 3 is 2.24 bits per heavy atom. The average Bonchev–Trinajstić information content (AvgIpc) is 2.33. The van der Waals surface area contributed by atoms with Crippen molar-refractivity contribution in [2.45, 2.75) is 39.7 Å². The van der Waals surface area contributed by atoms with Crippen LogP contribution in [0, 0.1) is 0 Å². The number of rotatable bonds is 7. The summed E-state index contributed by atoms with van der Waals surface area (Å²) in [4.78, 5) is 33.1. The first-order valence-electron chi connectivity index (χ1n) is 5.64. The Kier molecular flexibility index (Phi) is 7.75. The molecule has 0 aromatic heterocycles. The highest BCUT2D eigenvalue weighted by Gasteiger charge is 2.16. The van der Waals surface area contributed by atoms with Crippen LogP contribution in [0.2, 0.25) is 0 Å². The fourth-order valence-corrected chi connectivity index (χ4v) is 0.919. The van der Waals surface area contributed by atoms with Gasteiger partial charge in [0.2, 0.25) is 0 Å². The number of hydrogen-bond acceptors (Lipinski definition) is 5. The third-order valence-corrected chi connectivity index (χ3v) is 1.92. The van der Waals surface area contributed by atoms with Crippen molar-refractivity contribution in [2.75, 3.05) is 13.2 Å². The van der Waals surface area contributed by atoms with Gasteiger partial charge in [-0.25, -0.2) is 0 Å². The Balaban J connectivity index is 3.71. The van der Waals surface area contributed by atoms with Crippen LogP contribution in [0.1, 0.15) is 33.6 Å². The van der Waals surface area contributed by atoms with Crippen LogP contribution in [0.15, 0.2) is 0 Å². The van der Waals surface area contributed by atoms with Crippen LogP contribution in [-0.2, 0) is 23.9 Å². The molecule has 0 aliphatic rings. The third-order valence-electron chi connectivity index (χ3n) is 1.92. The van der Waals surface area contributed by atoms with Crippen LogP contribution >= 0.6 is 0 Å². The van der Waals surface area contributed by atoms with E-state index >= 15 is 0 Å². The summed E-state index contributed by atoms with van der Waals surface area (Å²) >= 11 is 0. The van der Waals surface area contributed by atoms with Crippen LogP contribution < -0.4 is 5.32 Å². The lowest BCUT2D eigenvalue weighted by Gasteiger charge is -2.12. The van der Waals surface area contributed by atoms with Crippen molar-refractivity contribution in [1.29, 1.82) is 0 Å². The molecule has 0 aliphatic carbocycles. The lowest BCUT2D eigenvalue weighted by molar-refractivity contribution is -0.154. The Labute approximate surface area is 101 Å². The number of amides is 1. The molecule has 1 amide bonds. The molecule has 6 heteroatoms. The van der Waals surface area contributed by atoms with Crippen molar-refractivity contribution >= 4 is 17.8 Å². The summed E-state index contributed by atoms with van der Waals surface area (Å²) in [6, 6.07) is 0. The van der Waals surface area contributed by atoms with E-state index < -0.39 is 18.0 Å². The summed E-state index contributed by atoms with van der Waals surface area (Å²) in [5.41, 5.74) is 0. The Hall–Kier alpha value is -1.59. The van der Waals surface area contributed by atoms with Crippen LogP contribution in [-0.4, -0.2) is 37.1 Å². The first kappa shape index (κ1) is 15.4. The van der Waals surface area contributed by atoms with Crippen LogP contribution in [0.3, 0.4) is 0 Å². The van der Waals surface area contributed by atoms with Gasteiger partial charge in [-0.3, -0.25) is 14.4 Å². The van der Waals surface area contributed by atoms with Crippen molar-refractivity contribution in [3.05, 3.63) is 0 Å². The zero-order valence-corrected chi connectivity index (χ0v) is 10.4. The quantitative estimate of drug-likeness (QED) is 0.518. The summed E-state index contributed by atoms with van der Waals surface area (Å²) in [6.07, 6.45) is -0.297.